The highest BCUT2D eigenvalue weighted by Gasteiger charge is 2.31. The Morgan fingerprint density at radius 3 is 2.23 bits per heavy atom. The number of carbonyl (C=O) groups excluding carboxylic acids is 2. The van der Waals surface area contributed by atoms with Crippen LogP contribution in [0.3, 0.4) is 0 Å². The maximum atomic E-state index is 13.4. The molecule has 0 aromatic heterocycles. The third-order valence-corrected chi connectivity index (χ3v) is 6.72. The van der Waals surface area contributed by atoms with Crippen molar-refractivity contribution in [1.82, 2.24) is 10.2 Å². The minimum Gasteiger partial charge on any atom is -0.496 e. The van der Waals surface area contributed by atoms with Gasteiger partial charge in [0.1, 0.15) is 23.3 Å². The standard InChI is InChI=1S/C26H32Cl2N2O5/c1-4-24(26(32)29-19-7-5-6-8-19)30(15-17-9-10-18(27)11-23(17)28)25(31)16-35-22-13-20(33-2)12-21(14-22)34-3/h9-14,19,24H,4-8,15-16H2,1-3H3,(H,29,32)/t24-/m1/s1. The van der Waals surface area contributed by atoms with Gasteiger partial charge in [-0.25, -0.2) is 0 Å². The summed E-state index contributed by atoms with van der Waals surface area (Å²) in [4.78, 5) is 28.2. The van der Waals surface area contributed by atoms with Crippen molar-refractivity contribution in [3.05, 3.63) is 52.0 Å². The van der Waals surface area contributed by atoms with E-state index in [0.29, 0.717) is 39.3 Å². The summed E-state index contributed by atoms with van der Waals surface area (Å²) < 4.78 is 16.3. The van der Waals surface area contributed by atoms with Crippen LogP contribution in [0.5, 0.6) is 17.2 Å². The molecule has 1 N–H and O–H groups in total. The van der Waals surface area contributed by atoms with Crippen LogP contribution in [0.1, 0.15) is 44.6 Å². The Balaban J connectivity index is 1.81. The number of hydrogen-bond donors (Lipinski definition) is 1. The van der Waals surface area contributed by atoms with Gasteiger partial charge in [0, 0.05) is 40.8 Å². The van der Waals surface area contributed by atoms with Gasteiger partial charge in [-0.15, -0.1) is 0 Å². The molecule has 0 saturated heterocycles. The number of rotatable bonds is 11. The number of ether oxygens (including phenoxy) is 3. The second-order valence-electron chi connectivity index (χ2n) is 8.51. The van der Waals surface area contributed by atoms with Gasteiger partial charge in [0.15, 0.2) is 6.61 Å². The second kappa shape index (κ2) is 12.9. The van der Waals surface area contributed by atoms with E-state index < -0.39 is 6.04 Å². The molecular weight excluding hydrogens is 491 g/mol. The summed E-state index contributed by atoms with van der Waals surface area (Å²) in [5.74, 6) is 0.993. The molecule has 35 heavy (non-hydrogen) atoms. The van der Waals surface area contributed by atoms with Gasteiger partial charge in [0.2, 0.25) is 5.91 Å². The van der Waals surface area contributed by atoms with Gasteiger partial charge in [-0.2, -0.15) is 0 Å². The van der Waals surface area contributed by atoms with E-state index in [-0.39, 0.29) is 31.0 Å². The van der Waals surface area contributed by atoms with Gasteiger partial charge in [-0.05, 0) is 37.0 Å². The van der Waals surface area contributed by atoms with E-state index in [1.54, 1.807) is 36.4 Å². The van der Waals surface area contributed by atoms with Crippen LogP contribution in [-0.2, 0) is 16.1 Å². The number of benzene rings is 2. The van der Waals surface area contributed by atoms with Crippen LogP contribution in [0.4, 0.5) is 0 Å². The van der Waals surface area contributed by atoms with Gasteiger partial charge in [-0.1, -0.05) is 49.0 Å². The molecule has 3 rings (SSSR count). The highest BCUT2D eigenvalue weighted by atomic mass is 35.5. The first-order valence-electron chi connectivity index (χ1n) is 11.7. The highest BCUT2D eigenvalue weighted by molar-refractivity contribution is 6.35. The quantitative estimate of drug-likeness (QED) is 0.435. The Morgan fingerprint density at radius 1 is 1.03 bits per heavy atom. The van der Waals surface area contributed by atoms with E-state index in [1.807, 2.05) is 6.92 Å². The number of halogens is 2. The molecule has 1 aliphatic rings. The summed E-state index contributed by atoms with van der Waals surface area (Å²) in [6, 6.07) is 9.63. The van der Waals surface area contributed by atoms with Crippen molar-refractivity contribution >= 4 is 35.0 Å². The maximum Gasteiger partial charge on any atom is 0.261 e. The van der Waals surface area contributed by atoms with Crippen LogP contribution in [0.15, 0.2) is 36.4 Å². The fourth-order valence-electron chi connectivity index (χ4n) is 4.21. The topological polar surface area (TPSA) is 77.1 Å². The SMILES string of the molecule is CC[C@H](C(=O)NC1CCCC1)N(Cc1ccc(Cl)cc1Cl)C(=O)COc1cc(OC)cc(OC)c1. The van der Waals surface area contributed by atoms with Crippen LogP contribution >= 0.6 is 23.2 Å². The van der Waals surface area contributed by atoms with Crippen molar-refractivity contribution in [2.24, 2.45) is 0 Å². The van der Waals surface area contributed by atoms with Crippen molar-refractivity contribution < 1.29 is 23.8 Å². The summed E-state index contributed by atoms with van der Waals surface area (Å²) >= 11 is 12.4. The Morgan fingerprint density at radius 2 is 1.66 bits per heavy atom. The lowest BCUT2D eigenvalue weighted by molar-refractivity contribution is -0.143. The van der Waals surface area contributed by atoms with E-state index in [4.69, 9.17) is 37.4 Å². The zero-order valence-corrected chi connectivity index (χ0v) is 21.8. The Labute approximate surface area is 216 Å². The predicted octanol–water partition coefficient (Wildman–Crippen LogP) is 5.26. The lowest BCUT2D eigenvalue weighted by atomic mass is 10.1. The fraction of sp³-hybridized carbons (Fsp3) is 0.462. The van der Waals surface area contributed by atoms with E-state index in [1.165, 1.54) is 19.1 Å². The number of methoxy groups -OCH3 is 2. The first-order valence-corrected chi connectivity index (χ1v) is 12.5. The molecule has 0 spiro atoms. The van der Waals surface area contributed by atoms with Crippen molar-refractivity contribution in [2.45, 2.75) is 57.7 Å². The van der Waals surface area contributed by atoms with Gasteiger partial charge in [0.05, 0.1) is 14.2 Å². The molecule has 1 fully saturated rings. The van der Waals surface area contributed by atoms with Crippen LogP contribution in [0, 0.1) is 0 Å². The molecule has 2 amide bonds. The van der Waals surface area contributed by atoms with Gasteiger partial charge in [-0.3, -0.25) is 9.59 Å². The van der Waals surface area contributed by atoms with Crippen molar-refractivity contribution in [1.29, 1.82) is 0 Å². The predicted molar refractivity (Wildman–Crippen MR) is 137 cm³/mol. The number of hydrogen-bond acceptors (Lipinski definition) is 5. The normalized spacial score (nSPS) is 14.3. The Kier molecular flexibility index (Phi) is 9.93. The summed E-state index contributed by atoms with van der Waals surface area (Å²) in [7, 11) is 3.08. The number of nitrogens with zero attached hydrogens (tertiary/aromatic N) is 1. The van der Waals surface area contributed by atoms with E-state index in [0.717, 1.165) is 25.7 Å². The Hall–Kier alpha value is -2.64. The van der Waals surface area contributed by atoms with Gasteiger partial charge >= 0.3 is 0 Å². The average Bonchev–Trinajstić information content (AvgIpc) is 3.36. The maximum absolute atomic E-state index is 13.4. The summed E-state index contributed by atoms with van der Waals surface area (Å²) in [5.41, 5.74) is 0.694. The fourth-order valence-corrected chi connectivity index (χ4v) is 4.68. The van der Waals surface area contributed by atoms with Crippen LogP contribution in [0.25, 0.3) is 0 Å². The molecule has 2 aromatic carbocycles. The molecule has 0 heterocycles. The molecular formula is C26H32Cl2N2O5. The zero-order valence-electron chi connectivity index (χ0n) is 20.3. The average molecular weight is 523 g/mol. The smallest absolute Gasteiger partial charge is 0.261 e. The third kappa shape index (κ3) is 7.42. The minimum atomic E-state index is -0.668. The zero-order chi connectivity index (χ0) is 25.4. The molecule has 7 nitrogen and oxygen atoms in total. The second-order valence-corrected chi connectivity index (χ2v) is 9.35. The Bertz CT molecular complexity index is 1000. The third-order valence-electron chi connectivity index (χ3n) is 6.13. The van der Waals surface area contributed by atoms with Gasteiger partial charge < -0.3 is 24.4 Å². The minimum absolute atomic E-state index is 0.146. The lowest BCUT2D eigenvalue weighted by Crippen LogP contribution is -2.52. The number of amides is 2. The summed E-state index contributed by atoms with van der Waals surface area (Å²) in [6.07, 6.45) is 4.56. The lowest BCUT2D eigenvalue weighted by Gasteiger charge is -2.31. The van der Waals surface area contributed by atoms with E-state index in [2.05, 4.69) is 5.32 Å². The molecule has 2 aromatic rings. The van der Waals surface area contributed by atoms with Crippen molar-refractivity contribution in [2.75, 3.05) is 20.8 Å². The summed E-state index contributed by atoms with van der Waals surface area (Å²) in [5, 5.41) is 4.05. The first kappa shape index (κ1) is 27.0. The van der Waals surface area contributed by atoms with E-state index in [9.17, 15) is 9.59 Å². The molecule has 0 aliphatic heterocycles. The van der Waals surface area contributed by atoms with Crippen LogP contribution in [0.2, 0.25) is 10.0 Å². The van der Waals surface area contributed by atoms with Gasteiger partial charge in [0.25, 0.3) is 5.91 Å². The highest BCUT2D eigenvalue weighted by Crippen LogP contribution is 2.28. The van der Waals surface area contributed by atoms with Crippen molar-refractivity contribution in [3.8, 4) is 17.2 Å². The number of nitrogens with one attached hydrogen (secondary N) is 1. The molecule has 1 aliphatic carbocycles. The molecule has 1 saturated carbocycles. The largest absolute Gasteiger partial charge is 0.496 e. The summed E-state index contributed by atoms with van der Waals surface area (Å²) in [6.45, 7) is 1.77. The van der Waals surface area contributed by atoms with Crippen molar-refractivity contribution in [3.63, 3.8) is 0 Å². The van der Waals surface area contributed by atoms with E-state index >= 15 is 0 Å². The first-order chi connectivity index (χ1) is 16.8. The molecule has 1 atom stereocenters. The molecule has 9 heteroatoms. The van der Waals surface area contributed by atoms with Crippen LogP contribution < -0.4 is 19.5 Å². The molecule has 0 radical (unpaired) electrons. The molecule has 0 unspecified atom stereocenters. The number of carbonyl (C=O) groups is 2. The molecule has 190 valence electrons. The van der Waals surface area contributed by atoms with Crippen LogP contribution in [-0.4, -0.2) is 49.6 Å². The molecule has 0 bridgehead atoms. The monoisotopic (exact) mass is 522 g/mol.